The molecular weight excluding hydrogens is 332 g/mol. The molecule has 0 amide bonds. The molecule has 2 unspecified atom stereocenters. The highest BCUT2D eigenvalue weighted by Gasteiger charge is 2.38. The predicted octanol–water partition coefficient (Wildman–Crippen LogP) is 7.72. The molecule has 1 saturated carbocycles. The Balaban J connectivity index is 2.11. The largest absolute Gasteiger partial charge is 0.464 e. The monoisotopic (exact) mass is 374 g/mol. The minimum atomic E-state index is -0.166. The maximum atomic E-state index is 6.41. The molecule has 0 aromatic heterocycles. The first kappa shape index (κ1) is 22.3. The van der Waals surface area contributed by atoms with Crippen LogP contribution in [0.3, 0.4) is 0 Å². The molecule has 0 spiro atoms. The molecule has 2 heteroatoms. The quantitative estimate of drug-likeness (QED) is 0.434. The van der Waals surface area contributed by atoms with Crippen molar-refractivity contribution in [3.8, 4) is 5.75 Å². The van der Waals surface area contributed by atoms with Crippen LogP contribution in [-0.4, -0.2) is 12.4 Å². The van der Waals surface area contributed by atoms with Gasteiger partial charge in [-0.2, -0.15) is 0 Å². The lowest BCUT2D eigenvalue weighted by molar-refractivity contribution is -0.182. The third-order valence-electron chi connectivity index (χ3n) is 5.91. The number of benzene rings is 1. The van der Waals surface area contributed by atoms with Gasteiger partial charge in [0.05, 0.1) is 6.10 Å². The third-order valence-corrected chi connectivity index (χ3v) is 5.91. The molecule has 0 radical (unpaired) electrons. The van der Waals surface area contributed by atoms with Crippen molar-refractivity contribution in [2.24, 2.45) is 10.8 Å². The molecule has 0 bridgehead atoms. The van der Waals surface area contributed by atoms with Crippen LogP contribution in [0.2, 0.25) is 0 Å². The number of hydrogen-bond acceptors (Lipinski definition) is 2. The fourth-order valence-electron chi connectivity index (χ4n) is 4.36. The van der Waals surface area contributed by atoms with Crippen LogP contribution in [0.1, 0.15) is 105 Å². The normalized spacial score (nSPS) is 19.7. The standard InChI is InChI=1S/C25H42O2/c1-8-20(18-24(4,5)6)21-12-14-22(15-13-21)27-23(26-19(2)3)25(7)16-10-9-11-17-25/h12-15,19-20,23H,8-11,16-18H2,1-7H3. The Labute approximate surface area is 168 Å². The van der Waals surface area contributed by atoms with Crippen LogP contribution in [0.5, 0.6) is 5.75 Å². The molecule has 1 aliphatic carbocycles. The Morgan fingerprint density at radius 1 is 1.00 bits per heavy atom. The van der Waals surface area contributed by atoms with Gasteiger partial charge in [0.1, 0.15) is 5.75 Å². The summed E-state index contributed by atoms with van der Waals surface area (Å²) in [5.41, 5.74) is 1.88. The molecule has 0 heterocycles. The highest BCUT2D eigenvalue weighted by Crippen LogP contribution is 2.41. The fourth-order valence-corrected chi connectivity index (χ4v) is 4.36. The summed E-state index contributed by atoms with van der Waals surface area (Å²) in [4.78, 5) is 0. The lowest BCUT2D eigenvalue weighted by Gasteiger charge is -2.40. The zero-order valence-electron chi connectivity index (χ0n) is 18.8. The topological polar surface area (TPSA) is 18.5 Å². The van der Waals surface area contributed by atoms with E-state index in [0.29, 0.717) is 11.3 Å². The summed E-state index contributed by atoms with van der Waals surface area (Å²) >= 11 is 0. The first-order valence-electron chi connectivity index (χ1n) is 11.0. The van der Waals surface area contributed by atoms with Gasteiger partial charge in [0.2, 0.25) is 6.29 Å². The van der Waals surface area contributed by atoms with Crippen molar-refractivity contribution in [1.82, 2.24) is 0 Å². The van der Waals surface area contributed by atoms with E-state index in [1.165, 1.54) is 50.5 Å². The molecule has 1 aromatic rings. The molecule has 2 atom stereocenters. The van der Waals surface area contributed by atoms with Gasteiger partial charge in [-0.25, -0.2) is 0 Å². The number of ether oxygens (including phenoxy) is 2. The van der Waals surface area contributed by atoms with E-state index >= 15 is 0 Å². The van der Waals surface area contributed by atoms with E-state index in [1.54, 1.807) is 0 Å². The van der Waals surface area contributed by atoms with Crippen molar-refractivity contribution in [1.29, 1.82) is 0 Å². The van der Waals surface area contributed by atoms with E-state index in [-0.39, 0.29) is 17.8 Å². The Bertz CT molecular complexity index is 547. The van der Waals surface area contributed by atoms with E-state index < -0.39 is 0 Å². The van der Waals surface area contributed by atoms with Crippen LogP contribution in [0, 0.1) is 10.8 Å². The van der Waals surface area contributed by atoms with E-state index in [0.717, 1.165) is 5.75 Å². The van der Waals surface area contributed by atoms with Gasteiger partial charge in [-0.05, 0) is 68.6 Å². The summed E-state index contributed by atoms with van der Waals surface area (Å²) in [6.07, 6.45) is 8.66. The van der Waals surface area contributed by atoms with Gasteiger partial charge < -0.3 is 9.47 Å². The second-order valence-corrected chi connectivity index (χ2v) is 10.3. The van der Waals surface area contributed by atoms with Gasteiger partial charge in [-0.1, -0.05) is 66.0 Å². The van der Waals surface area contributed by atoms with E-state index in [9.17, 15) is 0 Å². The first-order valence-corrected chi connectivity index (χ1v) is 11.0. The average Bonchev–Trinajstić information content (AvgIpc) is 2.59. The van der Waals surface area contributed by atoms with Crippen molar-refractivity contribution in [3.63, 3.8) is 0 Å². The average molecular weight is 375 g/mol. The second-order valence-electron chi connectivity index (χ2n) is 10.3. The maximum Gasteiger partial charge on any atom is 0.205 e. The van der Waals surface area contributed by atoms with Gasteiger partial charge >= 0.3 is 0 Å². The zero-order chi connectivity index (χ0) is 20.1. The fraction of sp³-hybridized carbons (Fsp3) is 0.760. The van der Waals surface area contributed by atoms with E-state index in [4.69, 9.17) is 9.47 Å². The first-order chi connectivity index (χ1) is 12.6. The van der Waals surface area contributed by atoms with Crippen LogP contribution >= 0.6 is 0 Å². The molecule has 0 N–H and O–H groups in total. The summed E-state index contributed by atoms with van der Waals surface area (Å²) in [6.45, 7) is 15.8. The lowest BCUT2D eigenvalue weighted by Crippen LogP contribution is -2.42. The minimum absolute atomic E-state index is 0.110. The molecule has 27 heavy (non-hydrogen) atoms. The summed E-state index contributed by atoms with van der Waals surface area (Å²) in [5.74, 6) is 1.54. The molecular formula is C25H42O2. The predicted molar refractivity (Wildman–Crippen MR) is 115 cm³/mol. The van der Waals surface area contributed by atoms with Gasteiger partial charge in [-0.3, -0.25) is 0 Å². The zero-order valence-corrected chi connectivity index (χ0v) is 18.8. The summed E-state index contributed by atoms with van der Waals surface area (Å²) in [6, 6.07) is 8.79. The van der Waals surface area contributed by atoms with E-state index in [2.05, 4.69) is 72.7 Å². The Kier molecular flexibility index (Phi) is 7.80. The van der Waals surface area contributed by atoms with Gasteiger partial charge in [-0.15, -0.1) is 0 Å². The van der Waals surface area contributed by atoms with Gasteiger partial charge in [0.25, 0.3) is 0 Å². The van der Waals surface area contributed by atoms with Gasteiger partial charge in [0.15, 0.2) is 0 Å². The van der Waals surface area contributed by atoms with Crippen LogP contribution < -0.4 is 4.74 Å². The Morgan fingerprint density at radius 2 is 1.59 bits per heavy atom. The summed E-state index contributed by atoms with van der Waals surface area (Å²) in [7, 11) is 0. The van der Waals surface area contributed by atoms with Crippen LogP contribution in [0.15, 0.2) is 24.3 Å². The van der Waals surface area contributed by atoms with Gasteiger partial charge in [0, 0.05) is 5.41 Å². The lowest BCUT2D eigenvalue weighted by atomic mass is 9.75. The molecule has 154 valence electrons. The van der Waals surface area contributed by atoms with Crippen molar-refractivity contribution >= 4 is 0 Å². The summed E-state index contributed by atoms with van der Waals surface area (Å²) in [5, 5.41) is 0. The Hall–Kier alpha value is -1.02. The number of rotatable bonds is 8. The SMILES string of the molecule is CCC(CC(C)(C)C)c1ccc(OC(OC(C)C)C2(C)CCCCC2)cc1. The molecule has 2 rings (SSSR count). The van der Waals surface area contributed by atoms with Crippen LogP contribution in [0.25, 0.3) is 0 Å². The molecule has 1 aliphatic rings. The molecule has 2 nitrogen and oxygen atoms in total. The highest BCUT2D eigenvalue weighted by atomic mass is 16.7. The summed E-state index contributed by atoms with van der Waals surface area (Å²) < 4.78 is 12.7. The van der Waals surface area contributed by atoms with Crippen molar-refractivity contribution in [3.05, 3.63) is 29.8 Å². The molecule has 0 aliphatic heterocycles. The maximum absolute atomic E-state index is 6.41. The van der Waals surface area contributed by atoms with E-state index in [1.807, 2.05) is 0 Å². The highest BCUT2D eigenvalue weighted by molar-refractivity contribution is 5.30. The molecule has 1 fully saturated rings. The molecule has 1 aromatic carbocycles. The van der Waals surface area contributed by atoms with Crippen LogP contribution in [-0.2, 0) is 4.74 Å². The second kappa shape index (κ2) is 9.45. The van der Waals surface area contributed by atoms with Crippen LogP contribution in [0.4, 0.5) is 0 Å². The smallest absolute Gasteiger partial charge is 0.205 e. The number of hydrogen-bond donors (Lipinski definition) is 0. The minimum Gasteiger partial charge on any atom is -0.464 e. The van der Waals surface area contributed by atoms with Crippen molar-refractivity contribution < 1.29 is 9.47 Å². The third kappa shape index (κ3) is 6.82. The molecule has 0 saturated heterocycles. The van der Waals surface area contributed by atoms with Crippen molar-refractivity contribution in [2.75, 3.05) is 0 Å². The Morgan fingerprint density at radius 3 is 2.07 bits per heavy atom. The van der Waals surface area contributed by atoms with Crippen molar-refractivity contribution in [2.45, 2.75) is 112 Å².